The van der Waals surface area contributed by atoms with Crippen molar-refractivity contribution in [3.8, 4) is 0 Å². The summed E-state index contributed by atoms with van der Waals surface area (Å²) >= 11 is 34.2. The normalized spacial score (nSPS) is 11.0. The first kappa shape index (κ1) is 25.6. The Morgan fingerprint density at radius 1 is 0.818 bits per heavy atom. The van der Waals surface area contributed by atoms with E-state index in [0.29, 0.717) is 0 Å². The lowest BCUT2D eigenvalue weighted by molar-refractivity contribution is 0.399. The first-order valence-electron chi connectivity index (χ1n) is 6.80. The van der Waals surface area contributed by atoms with Crippen LogP contribution in [0.15, 0.2) is 30.3 Å². The SMILES string of the molecule is CCCCCC[Si](Cl)(Cl)Cl.CO.Cl[Si](Cl)(Cl)c1ccccc1. The molecule has 0 aromatic heterocycles. The van der Waals surface area contributed by atoms with Gasteiger partial charge in [0.25, 0.3) is 0 Å². The lowest BCUT2D eigenvalue weighted by Gasteiger charge is -2.05. The average molecular weight is 463 g/mol. The summed E-state index contributed by atoms with van der Waals surface area (Å²) in [7, 11) is 1.00. The maximum atomic E-state index is 7.00. The van der Waals surface area contributed by atoms with Gasteiger partial charge in [-0.05, 0) is 11.2 Å². The summed E-state index contributed by atoms with van der Waals surface area (Å²) in [5, 5.41) is 7.83. The number of hydrogen-bond acceptors (Lipinski definition) is 1. The van der Waals surface area contributed by atoms with E-state index in [1.807, 2.05) is 30.3 Å². The Morgan fingerprint density at radius 2 is 1.32 bits per heavy atom. The Kier molecular flexibility index (Phi) is 17.1. The summed E-state index contributed by atoms with van der Waals surface area (Å²) in [4.78, 5) is 0. The molecule has 0 spiro atoms. The van der Waals surface area contributed by atoms with Crippen LogP contribution < -0.4 is 5.19 Å². The Hall–Kier alpha value is 1.35. The molecular formula is C13H22Cl6OSi2. The van der Waals surface area contributed by atoms with Crippen LogP contribution in [0.5, 0.6) is 0 Å². The Bertz CT molecular complexity index is 354. The molecule has 0 aliphatic carbocycles. The lowest BCUT2D eigenvalue weighted by atomic mass is 10.2. The highest BCUT2D eigenvalue weighted by atomic mass is 35.8. The number of hydrogen-bond donors (Lipinski definition) is 1. The van der Waals surface area contributed by atoms with Gasteiger partial charge in [0.05, 0.1) is 0 Å². The highest BCUT2D eigenvalue weighted by Gasteiger charge is 2.27. The number of halogens is 6. The molecule has 1 rings (SSSR count). The molecule has 9 heteroatoms. The third-order valence-corrected chi connectivity index (χ3v) is 7.99. The molecule has 22 heavy (non-hydrogen) atoms. The van der Waals surface area contributed by atoms with E-state index in [9.17, 15) is 0 Å². The third kappa shape index (κ3) is 17.7. The number of rotatable bonds is 6. The van der Waals surface area contributed by atoms with Crippen LogP contribution in [0, 0.1) is 0 Å². The molecule has 0 saturated carbocycles. The smallest absolute Gasteiger partial charge is 0.372 e. The molecule has 0 saturated heterocycles. The molecular weight excluding hydrogens is 441 g/mol. The van der Waals surface area contributed by atoms with Crippen molar-refractivity contribution in [3.63, 3.8) is 0 Å². The molecule has 130 valence electrons. The highest BCUT2D eigenvalue weighted by Crippen LogP contribution is 2.27. The molecule has 0 radical (unpaired) electrons. The molecule has 0 amide bonds. The van der Waals surface area contributed by atoms with Gasteiger partial charge in [0, 0.05) is 7.11 Å². The van der Waals surface area contributed by atoms with E-state index < -0.39 is 12.0 Å². The van der Waals surface area contributed by atoms with E-state index >= 15 is 0 Å². The van der Waals surface area contributed by atoms with Crippen LogP contribution in [0.25, 0.3) is 0 Å². The van der Waals surface area contributed by atoms with Crippen molar-refractivity contribution in [2.45, 2.75) is 38.7 Å². The summed E-state index contributed by atoms with van der Waals surface area (Å²) < 4.78 is 0. The number of aliphatic hydroxyl groups excluding tert-OH is 1. The molecule has 0 unspecified atom stereocenters. The zero-order valence-electron chi connectivity index (χ0n) is 12.6. The Balaban J connectivity index is 0. The van der Waals surface area contributed by atoms with Crippen molar-refractivity contribution < 1.29 is 5.11 Å². The second kappa shape index (κ2) is 14.7. The summed E-state index contributed by atoms with van der Waals surface area (Å²) in [5.41, 5.74) is 0. The Morgan fingerprint density at radius 3 is 1.64 bits per heavy atom. The summed E-state index contributed by atoms with van der Waals surface area (Å²) in [6.45, 7) is 2.17. The molecule has 1 aromatic rings. The van der Waals surface area contributed by atoms with Gasteiger partial charge in [-0.15, -0.1) is 66.5 Å². The molecule has 0 aliphatic heterocycles. The van der Waals surface area contributed by atoms with Gasteiger partial charge in [0.1, 0.15) is 0 Å². The summed E-state index contributed by atoms with van der Waals surface area (Å²) in [6.07, 6.45) is 4.78. The van der Waals surface area contributed by atoms with Crippen molar-refractivity contribution in [2.75, 3.05) is 7.11 Å². The molecule has 1 aromatic carbocycles. The first-order valence-corrected chi connectivity index (χ1v) is 17.1. The fourth-order valence-corrected chi connectivity index (χ4v) is 4.94. The van der Waals surface area contributed by atoms with Gasteiger partial charge in [-0.3, -0.25) is 0 Å². The monoisotopic (exact) mass is 460 g/mol. The second-order valence-electron chi connectivity index (χ2n) is 4.29. The van der Waals surface area contributed by atoms with Crippen LogP contribution in [0.1, 0.15) is 32.6 Å². The largest absolute Gasteiger partial charge is 0.400 e. The van der Waals surface area contributed by atoms with Crippen LogP contribution in [-0.4, -0.2) is 24.2 Å². The van der Waals surface area contributed by atoms with Gasteiger partial charge in [-0.25, -0.2) is 0 Å². The standard InChI is InChI=1S/C6H5Cl3Si.C6H13Cl3Si.CH4O/c7-10(8,9)6-4-2-1-3-5-6;1-2-3-4-5-6-10(7,8)9;1-2/h1-5H;2-6H2,1H3;2H,1H3. The zero-order valence-corrected chi connectivity index (χ0v) is 19.2. The summed E-state index contributed by atoms with van der Waals surface area (Å²) in [6, 6.07) is 5.20. The maximum Gasteiger partial charge on any atom is 0.372 e. The van der Waals surface area contributed by atoms with Crippen molar-refractivity contribution in [2.24, 2.45) is 0 Å². The van der Waals surface area contributed by atoms with Gasteiger partial charge in [-0.2, -0.15) is 0 Å². The topological polar surface area (TPSA) is 20.2 Å². The molecule has 0 bridgehead atoms. The third-order valence-electron chi connectivity index (χ3n) is 2.41. The van der Waals surface area contributed by atoms with Gasteiger partial charge < -0.3 is 5.11 Å². The number of unbranched alkanes of at least 4 members (excludes halogenated alkanes) is 3. The summed E-state index contributed by atoms with van der Waals surface area (Å²) in [5.74, 6) is 0. The van der Waals surface area contributed by atoms with Crippen molar-refractivity contribution >= 4 is 83.7 Å². The van der Waals surface area contributed by atoms with E-state index in [4.69, 9.17) is 71.6 Å². The molecule has 0 atom stereocenters. The fraction of sp³-hybridized carbons (Fsp3) is 0.538. The minimum Gasteiger partial charge on any atom is -0.400 e. The van der Waals surface area contributed by atoms with E-state index in [0.717, 1.165) is 24.8 Å². The molecule has 1 nitrogen and oxygen atoms in total. The van der Waals surface area contributed by atoms with Crippen LogP contribution >= 0.6 is 66.5 Å². The van der Waals surface area contributed by atoms with Crippen LogP contribution in [0.2, 0.25) is 6.04 Å². The fourth-order valence-electron chi connectivity index (χ4n) is 1.38. The van der Waals surface area contributed by atoms with Crippen LogP contribution in [0.3, 0.4) is 0 Å². The van der Waals surface area contributed by atoms with E-state index in [-0.39, 0.29) is 0 Å². The highest BCUT2D eigenvalue weighted by molar-refractivity contribution is 7.69. The van der Waals surface area contributed by atoms with Crippen LogP contribution in [-0.2, 0) is 0 Å². The van der Waals surface area contributed by atoms with E-state index in [1.54, 1.807) is 0 Å². The first-order chi connectivity index (χ1) is 10.2. The van der Waals surface area contributed by atoms with Gasteiger partial charge >= 0.3 is 12.0 Å². The van der Waals surface area contributed by atoms with E-state index in [2.05, 4.69) is 6.92 Å². The Labute approximate surface area is 164 Å². The molecule has 0 aliphatic rings. The molecule has 0 fully saturated rings. The second-order valence-corrected chi connectivity index (χ2v) is 22.0. The van der Waals surface area contributed by atoms with Gasteiger partial charge in [0.15, 0.2) is 0 Å². The van der Waals surface area contributed by atoms with Gasteiger partial charge in [-0.1, -0.05) is 62.9 Å². The lowest BCUT2D eigenvalue weighted by Crippen LogP contribution is -2.29. The van der Waals surface area contributed by atoms with Crippen molar-refractivity contribution in [1.29, 1.82) is 0 Å². The zero-order chi connectivity index (χ0) is 17.6. The minimum atomic E-state index is -2.62. The molecule has 0 heterocycles. The number of aliphatic hydroxyl groups is 1. The van der Waals surface area contributed by atoms with E-state index in [1.165, 1.54) is 19.3 Å². The average Bonchev–Trinajstić information content (AvgIpc) is 2.46. The molecule has 1 N–H and O–H groups in total. The quantitative estimate of drug-likeness (QED) is 0.295. The predicted molar refractivity (Wildman–Crippen MR) is 110 cm³/mol. The van der Waals surface area contributed by atoms with Gasteiger partial charge in [0.2, 0.25) is 0 Å². The van der Waals surface area contributed by atoms with Crippen molar-refractivity contribution in [3.05, 3.63) is 30.3 Å². The van der Waals surface area contributed by atoms with Crippen molar-refractivity contribution in [1.82, 2.24) is 0 Å². The minimum absolute atomic E-state index is 0.817. The predicted octanol–water partition coefficient (Wildman–Crippen LogP) is 6.38. The maximum absolute atomic E-state index is 7.00. The number of benzene rings is 1. The van der Waals surface area contributed by atoms with Crippen LogP contribution in [0.4, 0.5) is 0 Å².